The summed E-state index contributed by atoms with van der Waals surface area (Å²) in [5.41, 5.74) is 4.36. The second-order valence-electron chi connectivity index (χ2n) is 6.96. The Morgan fingerprint density at radius 1 is 0.966 bits per heavy atom. The number of aryl methyl sites for hydroxylation is 2. The van der Waals surface area contributed by atoms with Crippen LogP contribution >= 0.6 is 27.3 Å². The van der Waals surface area contributed by atoms with E-state index in [9.17, 15) is 4.79 Å². The Morgan fingerprint density at radius 3 is 2.41 bits per heavy atom. The molecule has 0 radical (unpaired) electrons. The first-order valence-electron chi connectivity index (χ1n) is 9.18. The van der Waals surface area contributed by atoms with Crippen LogP contribution in [0.4, 0.5) is 0 Å². The summed E-state index contributed by atoms with van der Waals surface area (Å²) in [6.45, 7) is 4.02. The van der Waals surface area contributed by atoms with E-state index >= 15 is 0 Å². The normalized spacial score (nSPS) is 11.4. The molecular formula is C23H16BrN3OS. The van der Waals surface area contributed by atoms with Gasteiger partial charge in [0.1, 0.15) is 15.4 Å². The van der Waals surface area contributed by atoms with Gasteiger partial charge in [0.05, 0.1) is 11.2 Å². The van der Waals surface area contributed by atoms with Crippen molar-refractivity contribution >= 4 is 47.7 Å². The van der Waals surface area contributed by atoms with E-state index < -0.39 is 0 Å². The predicted octanol–water partition coefficient (Wildman–Crippen LogP) is 6.04. The lowest BCUT2D eigenvalue weighted by atomic mass is 10.1. The van der Waals surface area contributed by atoms with Crippen LogP contribution in [0, 0.1) is 13.8 Å². The minimum Gasteiger partial charge on any atom is -0.267 e. The van der Waals surface area contributed by atoms with Crippen molar-refractivity contribution in [1.29, 1.82) is 0 Å². The molecule has 29 heavy (non-hydrogen) atoms. The predicted molar refractivity (Wildman–Crippen MR) is 123 cm³/mol. The molecule has 0 saturated carbocycles. The molecule has 4 nitrogen and oxygen atoms in total. The van der Waals surface area contributed by atoms with Gasteiger partial charge in [0.25, 0.3) is 5.56 Å². The highest BCUT2D eigenvalue weighted by molar-refractivity contribution is 9.10. The van der Waals surface area contributed by atoms with E-state index in [1.165, 1.54) is 11.3 Å². The average Bonchev–Trinajstić information content (AvgIpc) is 3.08. The second kappa shape index (κ2) is 6.90. The molecule has 0 bridgehead atoms. The number of pyridine rings is 1. The summed E-state index contributed by atoms with van der Waals surface area (Å²) < 4.78 is 3.28. The standard InChI is InChI=1S/C23H16BrN3OS/c1-13-12-14(2)25-22-18(13)19-20(29-22)23(28)27(17-10-8-16(24)9-11-17)21(26-19)15-6-4-3-5-7-15/h3-12H,1-2H3. The summed E-state index contributed by atoms with van der Waals surface area (Å²) in [6, 6.07) is 19.6. The minimum absolute atomic E-state index is 0.0729. The quantitative estimate of drug-likeness (QED) is 0.321. The number of fused-ring (bicyclic) bond motifs is 3. The third kappa shape index (κ3) is 2.99. The van der Waals surface area contributed by atoms with E-state index in [-0.39, 0.29) is 5.56 Å². The molecule has 0 fully saturated rings. The van der Waals surface area contributed by atoms with Crippen molar-refractivity contribution in [2.24, 2.45) is 0 Å². The van der Waals surface area contributed by atoms with Gasteiger partial charge in [0, 0.05) is 21.1 Å². The maximum atomic E-state index is 13.7. The van der Waals surface area contributed by atoms with Gasteiger partial charge in [0.15, 0.2) is 0 Å². The van der Waals surface area contributed by atoms with Crippen molar-refractivity contribution < 1.29 is 0 Å². The van der Waals surface area contributed by atoms with Crippen molar-refractivity contribution in [3.8, 4) is 17.1 Å². The zero-order valence-corrected chi connectivity index (χ0v) is 18.2. The van der Waals surface area contributed by atoms with Crippen LogP contribution in [0.5, 0.6) is 0 Å². The van der Waals surface area contributed by atoms with Gasteiger partial charge in [-0.05, 0) is 49.7 Å². The first-order valence-corrected chi connectivity index (χ1v) is 10.8. The van der Waals surface area contributed by atoms with Crippen molar-refractivity contribution in [1.82, 2.24) is 14.5 Å². The Morgan fingerprint density at radius 2 is 1.69 bits per heavy atom. The Kier molecular flexibility index (Phi) is 4.33. The minimum atomic E-state index is -0.0729. The molecule has 0 unspecified atom stereocenters. The molecule has 6 heteroatoms. The number of hydrogen-bond acceptors (Lipinski definition) is 4. The zero-order chi connectivity index (χ0) is 20.1. The van der Waals surface area contributed by atoms with E-state index in [4.69, 9.17) is 4.98 Å². The summed E-state index contributed by atoms with van der Waals surface area (Å²) in [5, 5.41) is 0.966. The summed E-state index contributed by atoms with van der Waals surface area (Å²) in [7, 11) is 0. The molecule has 0 amide bonds. The molecule has 0 N–H and O–H groups in total. The number of nitrogens with zero attached hydrogens (tertiary/aromatic N) is 3. The Balaban J connectivity index is 1.95. The lowest BCUT2D eigenvalue weighted by Crippen LogP contribution is -2.21. The summed E-state index contributed by atoms with van der Waals surface area (Å²) in [6.07, 6.45) is 0. The van der Waals surface area contributed by atoms with E-state index in [0.717, 1.165) is 42.7 Å². The third-order valence-electron chi connectivity index (χ3n) is 4.91. The van der Waals surface area contributed by atoms with Crippen LogP contribution in [0.1, 0.15) is 11.3 Å². The van der Waals surface area contributed by atoms with Gasteiger partial charge in [-0.3, -0.25) is 9.36 Å². The van der Waals surface area contributed by atoms with Crippen LogP contribution in [-0.4, -0.2) is 14.5 Å². The number of rotatable bonds is 2. The van der Waals surface area contributed by atoms with E-state index in [1.54, 1.807) is 4.57 Å². The number of thiophene rings is 1. The van der Waals surface area contributed by atoms with E-state index in [0.29, 0.717) is 10.5 Å². The van der Waals surface area contributed by atoms with Gasteiger partial charge < -0.3 is 0 Å². The fourth-order valence-electron chi connectivity index (χ4n) is 3.64. The molecule has 3 heterocycles. The molecule has 0 aliphatic carbocycles. The third-order valence-corrected chi connectivity index (χ3v) is 6.50. The summed E-state index contributed by atoms with van der Waals surface area (Å²) >= 11 is 4.88. The van der Waals surface area contributed by atoms with Crippen LogP contribution in [0.2, 0.25) is 0 Å². The molecule has 5 rings (SSSR count). The Labute approximate surface area is 179 Å². The highest BCUT2D eigenvalue weighted by atomic mass is 79.9. The van der Waals surface area contributed by atoms with E-state index in [1.807, 2.05) is 74.5 Å². The second-order valence-corrected chi connectivity index (χ2v) is 8.87. The molecule has 0 aliphatic rings. The lowest BCUT2D eigenvalue weighted by Gasteiger charge is -2.13. The van der Waals surface area contributed by atoms with Crippen molar-refractivity contribution in [2.45, 2.75) is 13.8 Å². The lowest BCUT2D eigenvalue weighted by molar-refractivity contribution is 0.980. The number of aromatic nitrogens is 3. The summed E-state index contributed by atoms with van der Waals surface area (Å²) in [4.78, 5) is 24.2. The van der Waals surface area contributed by atoms with Crippen LogP contribution in [-0.2, 0) is 0 Å². The highest BCUT2D eigenvalue weighted by Crippen LogP contribution is 2.34. The first-order chi connectivity index (χ1) is 14.0. The summed E-state index contributed by atoms with van der Waals surface area (Å²) in [5.74, 6) is 0.630. The van der Waals surface area contributed by atoms with Gasteiger partial charge in [-0.2, -0.15) is 0 Å². The van der Waals surface area contributed by atoms with E-state index in [2.05, 4.69) is 20.9 Å². The molecule has 0 spiro atoms. The number of benzene rings is 2. The highest BCUT2D eigenvalue weighted by Gasteiger charge is 2.20. The Hall–Kier alpha value is -2.83. The van der Waals surface area contributed by atoms with Crippen LogP contribution in [0.25, 0.3) is 37.5 Å². The van der Waals surface area contributed by atoms with Crippen LogP contribution in [0.3, 0.4) is 0 Å². The van der Waals surface area contributed by atoms with Gasteiger partial charge in [-0.1, -0.05) is 46.3 Å². The fourth-order valence-corrected chi connectivity index (χ4v) is 5.07. The smallest absolute Gasteiger partial charge is 0.267 e. The molecule has 2 aromatic carbocycles. The zero-order valence-electron chi connectivity index (χ0n) is 15.8. The van der Waals surface area contributed by atoms with Crippen molar-refractivity contribution in [2.75, 3.05) is 0 Å². The first kappa shape index (κ1) is 18.2. The molecule has 142 valence electrons. The van der Waals surface area contributed by atoms with Gasteiger partial charge in [-0.15, -0.1) is 11.3 Å². The van der Waals surface area contributed by atoms with Crippen molar-refractivity contribution in [3.05, 3.63) is 86.7 Å². The van der Waals surface area contributed by atoms with Gasteiger partial charge in [-0.25, -0.2) is 9.97 Å². The molecule has 0 aliphatic heterocycles. The monoisotopic (exact) mass is 461 g/mol. The number of hydrogen-bond donors (Lipinski definition) is 0. The van der Waals surface area contributed by atoms with Crippen LogP contribution in [0.15, 0.2) is 69.9 Å². The molecule has 0 atom stereocenters. The van der Waals surface area contributed by atoms with Crippen LogP contribution < -0.4 is 5.56 Å². The number of halogens is 1. The topological polar surface area (TPSA) is 47.8 Å². The van der Waals surface area contributed by atoms with Gasteiger partial charge in [0.2, 0.25) is 0 Å². The maximum absolute atomic E-state index is 13.7. The molecule has 3 aromatic heterocycles. The largest absolute Gasteiger partial charge is 0.276 e. The molecule has 5 aromatic rings. The molecular weight excluding hydrogens is 446 g/mol. The molecule has 0 saturated heterocycles. The maximum Gasteiger partial charge on any atom is 0.276 e. The average molecular weight is 462 g/mol. The van der Waals surface area contributed by atoms with Gasteiger partial charge >= 0.3 is 0 Å². The Bertz CT molecular complexity index is 1440. The SMILES string of the molecule is Cc1cc(C)c2c(n1)sc1c(=O)n(-c3ccc(Br)cc3)c(-c3ccccc3)nc12. The fraction of sp³-hybridized carbons (Fsp3) is 0.0870. The van der Waals surface area contributed by atoms with Crippen molar-refractivity contribution in [3.63, 3.8) is 0 Å².